The maximum Gasteiger partial charge on any atom is 0.227 e. The summed E-state index contributed by atoms with van der Waals surface area (Å²) in [6.07, 6.45) is 0.369. The molecule has 0 radical (unpaired) electrons. The number of carbonyl (C=O) groups is 1. The van der Waals surface area contributed by atoms with Gasteiger partial charge in [0.25, 0.3) is 0 Å². The van der Waals surface area contributed by atoms with Crippen molar-refractivity contribution in [2.75, 3.05) is 18.1 Å². The molecule has 0 N–H and O–H groups in total. The van der Waals surface area contributed by atoms with Gasteiger partial charge >= 0.3 is 0 Å². The van der Waals surface area contributed by atoms with Gasteiger partial charge in [-0.15, -0.1) is 0 Å². The van der Waals surface area contributed by atoms with Crippen molar-refractivity contribution in [2.24, 2.45) is 0 Å². The molecule has 5 nitrogen and oxygen atoms in total. The highest BCUT2D eigenvalue weighted by molar-refractivity contribution is 5.96. The number of anilines is 1. The lowest BCUT2D eigenvalue weighted by molar-refractivity contribution is -0.117. The van der Waals surface area contributed by atoms with Gasteiger partial charge in [-0.1, -0.05) is 30.3 Å². The van der Waals surface area contributed by atoms with Gasteiger partial charge in [0, 0.05) is 30.1 Å². The van der Waals surface area contributed by atoms with Crippen molar-refractivity contribution in [2.45, 2.75) is 25.8 Å². The van der Waals surface area contributed by atoms with Crippen molar-refractivity contribution in [3.05, 3.63) is 90.0 Å². The molecule has 1 aromatic heterocycles. The SMILES string of the molecule is CCOc1ccc(N2C[C@@H](c3nc4ccccc4n3Cc3ccccc3F)CC2=O)cc1. The van der Waals surface area contributed by atoms with Crippen molar-refractivity contribution in [1.29, 1.82) is 0 Å². The normalized spacial score (nSPS) is 16.1. The number of benzene rings is 3. The van der Waals surface area contributed by atoms with Crippen LogP contribution in [0.25, 0.3) is 11.0 Å². The second-order valence-corrected chi connectivity index (χ2v) is 7.97. The average Bonchev–Trinajstić information content (AvgIpc) is 3.37. The Morgan fingerprint density at radius 1 is 1.03 bits per heavy atom. The van der Waals surface area contributed by atoms with Gasteiger partial charge in [0.2, 0.25) is 5.91 Å². The summed E-state index contributed by atoms with van der Waals surface area (Å²) in [6, 6.07) is 22.2. The Bertz CT molecular complexity index is 1270. The maximum absolute atomic E-state index is 14.4. The Morgan fingerprint density at radius 2 is 1.78 bits per heavy atom. The molecule has 1 aliphatic heterocycles. The average molecular weight is 429 g/mol. The number of hydrogen-bond donors (Lipinski definition) is 0. The van der Waals surface area contributed by atoms with Gasteiger partial charge in [-0.05, 0) is 49.4 Å². The zero-order chi connectivity index (χ0) is 22.1. The zero-order valence-electron chi connectivity index (χ0n) is 17.9. The minimum atomic E-state index is -0.241. The molecule has 1 amide bonds. The second kappa shape index (κ2) is 8.46. The van der Waals surface area contributed by atoms with E-state index in [1.54, 1.807) is 17.0 Å². The highest BCUT2D eigenvalue weighted by Crippen LogP contribution is 2.34. The number of hydrogen-bond acceptors (Lipinski definition) is 3. The summed E-state index contributed by atoms with van der Waals surface area (Å²) in [5, 5.41) is 0. The first-order valence-corrected chi connectivity index (χ1v) is 10.9. The van der Waals surface area contributed by atoms with Gasteiger partial charge in [0.15, 0.2) is 0 Å². The largest absolute Gasteiger partial charge is 0.494 e. The van der Waals surface area contributed by atoms with Crippen LogP contribution in [0.1, 0.15) is 30.7 Å². The van der Waals surface area contributed by atoms with Gasteiger partial charge < -0.3 is 14.2 Å². The molecule has 0 spiro atoms. The maximum atomic E-state index is 14.4. The number of para-hydroxylation sites is 2. The van der Waals surface area contributed by atoms with E-state index in [0.717, 1.165) is 28.3 Å². The first-order chi connectivity index (χ1) is 15.6. The van der Waals surface area contributed by atoms with Gasteiger partial charge in [0.05, 0.1) is 24.2 Å². The third kappa shape index (κ3) is 3.73. The van der Waals surface area contributed by atoms with Crippen molar-refractivity contribution in [1.82, 2.24) is 9.55 Å². The van der Waals surface area contributed by atoms with E-state index in [1.807, 2.05) is 66.1 Å². The second-order valence-electron chi connectivity index (χ2n) is 7.97. The zero-order valence-corrected chi connectivity index (χ0v) is 17.9. The number of fused-ring (bicyclic) bond motifs is 1. The van der Waals surface area contributed by atoms with Crippen LogP contribution in [0.5, 0.6) is 5.75 Å². The van der Waals surface area contributed by atoms with E-state index in [2.05, 4.69) is 0 Å². The molecule has 1 saturated heterocycles. The van der Waals surface area contributed by atoms with Gasteiger partial charge in [-0.25, -0.2) is 9.37 Å². The number of nitrogens with zero attached hydrogens (tertiary/aromatic N) is 3. The van der Waals surface area contributed by atoms with Crippen LogP contribution in [-0.4, -0.2) is 28.6 Å². The van der Waals surface area contributed by atoms with Gasteiger partial charge in [-0.3, -0.25) is 4.79 Å². The lowest BCUT2D eigenvalue weighted by atomic mass is 10.1. The van der Waals surface area contributed by atoms with E-state index in [0.29, 0.717) is 31.7 Å². The number of carbonyl (C=O) groups excluding carboxylic acids is 1. The van der Waals surface area contributed by atoms with Crippen molar-refractivity contribution >= 4 is 22.6 Å². The van der Waals surface area contributed by atoms with Crippen LogP contribution in [0, 0.1) is 5.82 Å². The lowest BCUT2D eigenvalue weighted by Crippen LogP contribution is -2.24. The number of halogens is 1. The van der Waals surface area contributed by atoms with Crippen molar-refractivity contribution in [3.63, 3.8) is 0 Å². The predicted octanol–water partition coefficient (Wildman–Crippen LogP) is 5.14. The van der Waals surface area contributed by atoms with E-state index >= 15 is 0 Å². The standard InChI is InChI=1S/C26H24FN3O2/c1-2-32-21-13-11-20(12-14-21)29-17-19(15-25(29)31)26-28-23-9-5-6-10-24(23)30(26)16-18-7-3-4-8-22(18)27/h3-14,19H,2,15-17H2,1H3/t19-/m0/s1. The molecule has 0 bridgehead atoms. The molecule has 2 heterocycles. The smallest absolute Gasteiger partial charge is 0.227 e. The van der Waals surface area contributed by atoms with Crippen LogP contribution in [-0.2, 0) is 11.3 Å². The molecule has 1 aliphatic rings. The topological polar surface area (TPSA) is 47.4 Å². The Kier molecular flexibility index (Phi) is 5.35. The van der Waals surface area contributed by atoms with E-state index < -0.39 is 0 Å². The first kappa shape index (κ1) is 20.2. The lowest BCUT2D eigenvalue weighted by Gasteiger charge is -2.18. The van der Waals surface area contributed by atoms with Crippen molar-refractivity contribution in [3.8, 4) is 5.75 Å². The summed E-state index contributed by atoms with van der Waals surface area (Å²) in [6.45, 7) is 3.45. The van der Waals surface area contributed by atoms with E-state index in [-0.39, 0.29) is 17.6 Å². The van der Waals surface area contributed by atoms with Gasteiger partial charge in [-0.2, -0.15) is 0 Å². The molecule has 162 valence electrons. The van der Waals surface area contributed by atoms with Gasteiger partial charge in [0.1, 0.15) is 17.4 Å². The summed E-state index contributed by atoms with van der Waals surface area (Å²) >= 11 is 0. The number of aromatic nitrogens is 2. The third-order valence-electron chi connectivity index (χ3n) is 5.92. The molecule has 3 aromatic carbocycles. The first-order valence-electron chi connectivity index (χ1n) is 10.9. The number of imidazole rings is 1. The molecule has 1 fully saturated rings. The van der Waals surface area contributed by atoms with Crippen LogP contribution in [0.2, 0.25) is 0 Å². The number of amides is 1. The number of ether oxygens (including phenoxy) is 1. The van der Waals surface area contributed by atoms with Crippen molar-refractivity contribution < 1.29 is 13.9 Å². The molecule has 6 heteroatoms. The minimum absolute atomic E-state index is 0.0589. The summed E-state index contributed by atoms with van der Waals surface area (Å²) in [5.41, 5.74) is 3.24. The summed E-state index contributed by atoms with van der Waals surface area (Å²) < 4.78 is 22.0. The van der Waals surface area contributed by atoms with E-state index in [1.165, 1.54) is 6.07 Å². The molecule has 32 heavy (non-hydrogen) atoms. The highest BCUT2D eigenvalue weighted by atomic mass is 19.1. The Hall–Kier alpha value is -3.67. The van der Waals surface area contributed by atoms with Crippen LogP contribution < -0.4 is 9.64 Å². The highest BCUT2D eigenvalue weighted by Gasteiger charge is 2.35. The Balaban J connectivity index is 1.48. The van der Waals surface area contributed by atoms with Crippen LogP contribution in [0.15, 0.2) is 72.8 Å². The molecule has 0 unspecified atom stereocenters. The minimum Gasteiger partial charge on any atom is -0.494 e. The fraction of sp³-hybridized carbons (Fsp3) is 0.231. The summed E-state index contributed by atoms with van der Waals surface area (Å²) in [4.78, 5) is 19.6. The molecular formula is C26H24FN3O2. The van der Waals surface area contributed by atoms with Crippen LogP contribution in [0.4, 0.5) is 10.1 Å². The molecule has 4 aromatic rings. The van der Waals surface area contributed by atoms with Crippen LogP contribution in [0.3, 0.4) is 0 Å². The van der Waals surface area contributed by atoms with E-state index in [9.17, 15) is 9.18 Å². The quantitative estimate of drug-likeness (QED) is 0.426. The fourth-order valence-electron chi connectivity index (χ4n) is 4.39. The third-order valence-corrected chi connectivity index (χ3v) is 5.92. The van der Waals surface area contributed by atoms with Crippen LogP contribution >= 0.6 is 0 Å². The molecule has 0 aliphatic carbocycles. The summed E-state index contributed by atoms with van der Waals surface area (Å²) in [5.74, 6) is 1.34. The number of rotatable bonds is 6. The molecule has 5 rings (SSSR count). The fourth-order valence-corrected chi connectivity index (χ4v) is 4.39. The Labute approximate surface area is 186 Å². The van der Waals surface area contributed by atoms with E-state index in [4.69, 9.17) is 9.72 Å². The molecular weight excluding hydrogens is 405 g/mol. The molecule has 0 saturated carbocycles. The Morgan fingerprint density at radius 3 is 2.56 bits per heavy atom. The molecule has 1 atom stereocenters. The monoisotopic (exact) mass is 429 g/mol. The predicted molar refractivity (Wildman–Crippen MR) is 123 cm³/mol. The summed E-state index contributed by atoms with van der Waals surface area (Å²) in [7, 11) is 0.